The van der Waals surface area contributed by atoms with Gasteiger partial charge in [0.15, 0.2) is 11.7 Å². The summed E-state index contributed by atoms with van der Waals surface area (Å²) in [4.78, 5) is 7.31. The SMILES string of the molecule is CCO/C(C)=N/c1[nH]cc(-c2ccccc2)c1C#N. The molecule has 0 aliphatic carbocycles. The number of hydrogen-bond donors (Lipinski definition) is 1. The molecule has 0 aliphatic heterocycles. The molecule has 1 N–H and O–H groups in total. The maximum atomic E-state index is 9.31. The molecule has 0 amide bonds. The van der Waals surface area contributed by atoms with E-state index in [0.29, 0.717) is 23.9 Å². The molecule has 0 atom stereocenters. The Labute approximate surface area is 112 Å². The summed E-state index contributed by atoms with van der Waals surface area (Å²) in [5, 5.41) is 9.31. The number of aliphatic imine (C=N–C) groups is 1. The quantitative estimate of drug-likeness (QED) is 0.670. The van der Waals surface area contributed by atoms with Crippen molar-refractivity contribution in [1.29, 1.82) is 5.26 Å². The summed E-state index contributed by atoms with van der Waals surface area (Å²) in [6.45, 7) is 4.23. The number of ether oxygens (including phenoxy) is 1. The van der Waals surface area contributed by atoms with Gasteiger partial charge in [-0.05, 0) is 12.5 Å². The van der Waals surface area contributed by atoms with Crippen molar-refractivity contribution in [2.75, 3.05) is 6.61 Å². The summed E-state index contributed by atoms with van der Waals surface area (Å²) < 4.78 is 5.28. The number of H-pyrrole nitrogens is 1. The highest BCUT2D eigenvalue weighted by molar-refractivity contribution is 5.81. The number of aromatic amines is 1. The monoisotopic (exact) mass is 253 g/mol. The number of rotatable bonds is 3. The summed E-state index contributed by atoms with van der Waals surface area (Å²) in [6.07, 6.45) is 1.80. The number of nitrogens with zero attached hydrogens (tertiary/aromatic N) is 2. The first-order valence-corrected chi connectivity index (χ1v) is 6.11. The Morgan fingerprint density at radius 3 is 2.74 bits per heavy atom. The van der Waals surface area contributed by atoms with E-state index in [9.17, 15) is 5.26 Å². The second kappa shape index (κ2) is 5.87. The van der Waals surface area contributed by atoms with Crippen LogP contribution >= 0.6 is 0 Å². The summed E-state index contributed by atoms with van der Waals surface area (Å²) >= 11 is 0. The Kier molecular flexibility index (Phi) is 3.99. The van der Waals surface area contributed by atoms with E-state index in [-0.39, 0.29) is 0 Å². The van der Waals surface area contributed by atoms with Crippen LogP contribution in [0.2, 0.25) is 0 Å². The Hall–Kier alpha value is -2.54. The van der Waals surface area contributed by atoms with E-state index in [1.54, 1.807) is 13.1 Å². The molecular formula is C15H15N3O. The predicted octanol–water partition coefficient (Wildman–Crippen LogP) is 3.64. The van der Waals surface area contributed by atoms with Crippen LogP contribution < -0.4 is 0 Å². The summed E-state index contributed by atoms with van der Waals surface area (Å²) in [5.41, 5.74) is 2.38. The van der Waals surface area contributed by atoms with Gasteiger partial charge in [-0.15, -0.1) is 0 Å². The number of nitriles is 1. The van der Waals surface area contributed by atoms with Crippen LogP contribution in [-0.2, 0) is 4.74 Å². The van der Waals surface area contributed by atoms with Crippen molar-refractivity contribution in [3.8, 4) is 17.2 Å². The van der Waals surface area contributed by atoms with E-state index < -0.39 is 0 Å². The Morgan fingerprint density at radius 2 is 2.11 bits per heavy atom. The zero-order valence-corrected chi connectivity index (χ0v) is 11.0. The van der Waals surface area contributed by atoms with Crippen LogP contribution in [0.4, 0.5) is 5.82 Å². The van der Waals surface area contributed by atoms with Crippen LogP contribution in [0.25, 0.3) is 11.1 Å². The maximum Gasteiger partial charge on any atom is 0.186 e. The van der Waals surface area contributed by atoms with E-state index in [0.717, 1.165) is 11.1 Å². The van der Waals surface area contributed by atoms with Crippen molar-refractivity contribution in [2.45, 2.75) is 13.8 Å². The predicted molar refractivity (Wildman–Crippen MR) is 75.3 cm³/mol. The average molecular weight is 253 g/mol. The van der Waals surface area contributed by atoms with E-state index in [1.807, 2.05) is 37.3 Å². The van der Waals surface area contributed by atoms with Crippen molar-refractivity contribution in [3.05, 3.63) is 42.1 Å². The highest BCUT2D eigenvalue weighted by Gasteiger charge is 2.12. The second-order valence-electron chi connectivity index (χ2n) is 3.97. The molecule has 1 aromatic carbocycles. The molecule has 0 saturated heterocycles. The molecule has 0 saturated carbocycles. The van der Waals surface area contributed by atoms with Crippen molar-refractivity contribution in [1.82, 2.24) is 4.98 Å². The molecule has 2 aromatic rings. The van der Waals surface area contributed by atoms with E-state index in [1.165, 1.54) is 0 Å². The number of benzene rings is 1. The lowest BCUT2D eigenvalue weighted by Crippen LogP contribution is -1.97. The molecule has 0 aliphatic rings. The van der Waals surface area contributed by atoms with E-state index in [2.05, 4.69) is 16.0 Å². The molecule has 1 heterocycles. The standard InChI is InChI=1S/C15H15N3O/c1-3-19-11(2)18-15-13(9-16)14(10-17-15)12-7-5-4-6-8-12/h4-8,10,17H,3H2,1-2H3/b18-11+. The van der Waals surface area contributed by atoms with Gasteiger partial charge in [0.05, 0.1) is 6.61 Å². The smallest absolute Gasteiger partial charge is 0.186 e. The van der Waals surface area contributed by atoms with Crippen LogP contribution in [-0.4, -0.2) is 17.5 Å². The van der Waals surface area contributed by atoms with Crippen LogP contribution in [0, 0.1) is 11.3 Å². The van der Waals surface area contributed by atoms with Gasteiger partial charge in [0, 0.05) is 18.7 Å². The van der Waals surface area contributed by atoms with Gasteiger partial charge in [-0.2, -0.15) is 10.3 Å². The van der Waals surface area contributed by atoms with Crippen molar-refractivity contribution >= 4 is 11.7 Å². The number of aromatic nitrogens is 1. The minimum atomic E-state index is 0.533. The zero-order chi connectivity index (χ0) is 13.7. The lowest BCUT2D eigenvalue weighted by molar-refractivity contribution is 0.325. The molecule has 19 heavy (non-hydrogen) atoms. The lowest BCUT2D eigenvalue weighted by atomic mass is 10.1. The number of hydrogen-bond acceptors (Lipinski definition) is 3. The first-order chi connectivity index (χ1) is 9.26. The summed E-state index contributed by atoms with van der Waals surface area (Å²) in [6, 6.07) is 12.0. The first-order valence-electron chi connectivity index (χ1n) is 6.11. The average Bonchev–Trinajstić information content (AvgIpc) is 2.82. The summed E-state index contributed by atoms with van der Waals surface area (Å²) in [7, 11) is 0. The molecular weight excluding hydrogens is 238 g/mol. The normalized spacial score (nSPS) is 11.1. The second-order valence-corrected chi connectivity index (χ2v) is 3.97. The zero-order valence-electron chi connectivity index (χ0n) is 11.0. The molecule has 96 valence electrons. The highest BCUT2D eigenvalue weighted by atomic mass is 16.5. The third-order valence-corrected chi connectivity index (χ3v) is 2.68. The van der Waals surface area contributed by atoms with Crippen molar-refractivity contribution in [2.24, 2.45) is 4.99 Å². The van der Waals surface area contributed by atoms with Gasteiger partial charge in [-0.25, -0.2) is 0 Å². The lowest BCUT2D eigenvalue weighted by Gasteiger charge is -2.01. The van der Waals surface area contributed by atoms with E-state index in [4.69, 9.17) is 4.74 Å². The minimum absolute atomic E-state index is 0.533. The largest absolute Gasteiger partial charge is 0.481 e. The van der Waals surface area contributed by atoms with Crippen molar-refractivity contribution < 1.29 is 4.74 Å². The minimum Gasteiger partial charge on any atom is -0.481 e. The van der Waals surface area contributed by atoms with Gasteiger partial charge in [-0.1, -0.05) is 30.3 Å². The fourth-order valence-corrected chi connectivity index (χ4v) is 1.86. The molecule has 0 unspecified atom stereocenters. The molecule has 0 spiro atoms. The first kappa shape index (κ1) is 12.9. The fourth-order valence-electron chi connectivity index (χ4n) is 1.86. The van der Waals surface area contributed by atoms with Gasteiger partial charge >= 0.3 is 0 Å². The fraction of sp³-hybridized carbons (Fsp3) is 0.200. The van der Waals surface area contributed by atoms with Gasteiger partial charge in [0.2, 0.25) is 0 Å². The maximum absolute atomic E-state index is 9.31. The van der Waals surface area contributed by atoms with Gasteiger partial charge in [0.1, 0.15) is 11.6 Å². The third kappa shape index (κ3) is 2.83. The van der Waals surface area contributed by atoms with Gasteiger partial charge in [0.25, 0.3) is 0 Å². The molecule has 4 heteroatoms. The van der Waals surface area contributed by atoms with Gasteiger partial charge < -0.3 is 9.72 Å². The molecule has 0 bridgehead atoms. The third-order valence-electron chi connectivity index (χ3n) is 2.68. The van der Waals surface area contributed by atoms with Crippen LogP contribution in [0.1, 0.15) is 19.4 Å². The number of nitrogens with one attached hydrogen (secondary N) is 1. The highest BCUT2D eigenvalue weighted by Crippen LogP contribution is 2.30. The van der Waals surface area contributed by atoms with Crippen molar-refractivity contribution in [3.63, 3.8) is 0 Å². The molecule has 1 aromatic heterocycles. The molecule has 0 fully saturated rings. The molecule has 2 rings (SSSR count). The Bertz CT molecular complexity index is 621. The Morgan fingerprint density at radius 1 is 1.37 bits per heavy atom. The topological polar surface area (TPSA) is 61.2 Å². The van der Waals surface area contributed by atoms with Crippen LogP contribution in [0.3, 0.4) is 0 Å². The van der Waals surface area contributed by atoms with Crippen LogP contribution in [0.5, 0.6) is 0 Å². The van der Waals surface area contributed by atoms with Crippen LogP contribution in [0.15, 0.2) is 41.5 Å². The summed E-state index contributed by atoms with van der Waals surface area (Å²) in [5.74, 6) is 1.08. The molecule has 0 radical (unpaired) electrons. The molecule has 4 nitrogen and oxygen atoms in total. The van der Waals surface area contributed by atoms with Gasteiger partial charge in [-0.3, -0.25) is 0 Å². The Balaban J connectivity index is 2.43. The van der Waals surface area contributed by atoms with E-state index >= 15 is 0 Å².